The number of aryl methyl sites for hydroxylation is 1. The Balaban J connectivity index is 3.28. The van der Waals surface area contributed by atoms with E-state index in [2.05, 4.69) is 11.6 Å². The number of rotatable bonds is 3. The quantitative estimate of drug-likeness (QED) is 0.766. The molecular weight excluding hydrogens is 186 g/mol. The standard InChI is InChI=1S/C13H17NO/c1-5-6-10(3)13-12(11(4)15)7-9(2)8-14-13/h5-8,11,15H,1H2,2-4H3/b10-6+. The molecule has 1 aromatic rings. The van der Waals surface area contributed by atoms with E-state index < -0.39 is 6.10 Å². The van der Waals surface area contributed by atoms with Gasteiger partial charge in [-0.3, -0.25) is 4.98 Å². The molecule has 0 aliphatic carbocycles. The topological polar surface area (TPSA) is 33.1 Å². The number of hydrogen-bond donors (Lipinski definition) is 1. The molecule has 80 valence electrons. The molecule has 0 aliphatic heterocycles. The van der Waals surface area contributed by atoms with Crippen LogP contribution in [0.4, 0.5) is 0 Å². The fourth-order valence-electron chi connectivity index (χ4n) is 1.50. The fourth-order valence-corrected chi connectivity index (χ4v) is 1.50. The number of aliphatic hydroxyl groups excluding tert-OH is 1. The van der Waals surface area contributed by atoms with Crippen molar-refractivity contribution >= 4 is 5.57 Å². The van der Waals surface area contributed by atoms with Crippen molar-refractivity contribution in [3.05, 3.63) is 47.8 Å². The largest absolute Gasteiger partial charge is 0.389 e. The van der Waals surface area contributed by atoms with Gasteiger partial charge in [0.1, 0.15) is 0 Å². The van der Waals surface area contributed by atoms with Crippen LogP contribution in [0.5, 0.6) is 0 Å². The van der Waals surface area contributed by atoms with Crippen LogP contribution >= 0.6 is 0 Å². The summed E-state index contributed by atoms with van der Waals surface area (Å²) in [5.41, 5.74) is 3.78. The minimum atomic E-state index is -0.499. The molecule has 0 amide bonds. The van der Waals surface area contributed by atoms with Crippen molar-refractivity contribution in [1.29, 1.82) is 0 Å². The molecule has 0 saturated carbocycles. The van der Waals surface area contributed by atoms with Crippen molar-refractivity contribution < 1.29 is 5.11 Å². The maximum Gasteiger partial charge on any atom is 0.0783 e. The van der Waals surface area contributed by atoms with Gasteiger partial charge >= 0.3 is 0 Å². The van der Waals surface area contributed by atoms with Gasteiger partial charge in [-0.2, -0.15) is 0 Å². The van der Waals surface area contributed by atoms with Crippen molar-refractivity contribution in [2.75, 3.05) is 0 Å². The Labute approximate surface area is 91.0 Å². The molecule has 1 N–H and O–H groups in total. The first-order valence-electron chi connectivity index (χ1n) is 5.00. The summed E-state index contributed by atoms with van der Waals surface area (Å²) < 4.78 is 0. The fraction of sp³-hybridized carbons (Fsp3) is 0.308. The third-order valence-electron chi connectivity index (χ3n) is 2.25. The first kappa shape index (κ1) is 11.7. The van der Waals surface area contributed by atoms with E-state index in [9.17, 15) is 5.11 Å². The lowest BCUT2D eigenvalue weighted by Gasteiger charge is -2.12. The van der Waals surface area contributed by atoms with Gasteiger partial charge in [0.25, 0.3) is 0 Å². The summed E-state index contributed by atoms with van der Waals surface area (Å²) in [6.07, 6.45) is 4.93. The summed E-state index contributed by atoms with van der Waals surface area (Å²) in [6.45, 7) is 9.33. The second kappa shape index (κ2) is 4.89. The van der Waals surface area contributed by atoms with E-state index >= 15 is 0 Å². The number of hydrogen-bond acceptors (Lipinski definition) is 2. The highest BCUT2D eigenvalue weighted by molar-refractivity contribution is 5.65. The zero-order valence-corrected chi connectivity index (χ0v) is 9.49. The minimum absolute atomic E-state index is 0.499. The second-order valence-corrected chi connectivity index (χ2v) is 3.71. The highest BCUT2D eigenvalue weighted by Crippen LogP contribution is 2.23. The van der Waals surface area contributed by atoms with Crippen LogP contribution in [0.15, 0.2) is 31.0 Å². The van der Waals surface area contributed by atoms with Gasteiger partial charge in [0.2, 0.25) is 0 Å². The Morgan fingerprint density at radius 2 is 2.27 bits per heavy atom. The van der Waals surface area contributed by atoms with Crippen LogP contribution in [0.3, 0.4) is 0 Å². The van der Waals surface area contributed by atoms with Crippen molar-refractivity contribution in [3.8, 4) is 0 Å². The van der Waals surface area contributed by atoms with Crippen LogP contribution in [0, 0.1) is 6.92 Å². The smallest absolute Gasteiger partial charge is 0.0783 e. The molecule has 0 radical (unpaired) electrons. The van der Waals surface area contributed by atoms with Gasteiger partial charge in [-0.05, 0) is 38.0 Å². The molecule has 0 spiro atoms. The molecule has 0 bridgehead atoms. The molecular formula is C13H17NO. The zero-order chi connectivity index (χ0) is 11.4. The summed E-state index contributed by atoms with van der Waals surface area (Å²) in [4.78, 5) is 4.34. The summed E-state index contributed by atoms with van der Waals surface area (Å²) in [7, 11) is 0. The molecule has 0 saturated heterocycles. The number of aromatic nitrogens is 1. The van der Waals surface area contributed by atoms with E-state index in [1.54, 1.807) is 13.0 Å². The van der Waals surface area contributed by atoms with Crippen molar-refractivity contribution in [2.45, 2.75) is 26.9 Å². The Bertz CT molecular complexity index is 392. The van der Waals surface area contributed by atoms with E-state index in [0.717, 1.165) is 22.4 Å². The van der Waals surface area contributed by atoms with Gasteiger partial charge in [-0.25, -0.2) is 0 Å². The molecule has 1 heterocycles. The van der Waals surface area contributed by atoms with Gasteiger partial charge in [-0.15, -0.1) is 0 Å². The number of allylic oxidation sites excluding steroid dienone is 3. The highest BCUT2D eigenvalue weighted by Gasteiger charge is 2.10. The highest BCUT2D eigenvalue weighted by atomic mass is 16.3. The van der Waals surface area contributed by atoms with Crippen LogP contribution in [0.2, 0.25) is 0 Å². The third kappa shape index (κ3) is 2.77. The lowest BCUT2D eigenvalue weighted by Crippen LogP contribution is -2.00. The SMILES string of the molecule is C=C/C=C(\C)c1ncc(C)cc1C(C)O. The van der Waals surface area contributed by atoms with E-state index in [1.807, 2.05) is 32.2 Å². The molecule has 0 aromatic carbocycles. The Hall–Kier alpha value is -1.41. The summed E-state index contributed by atoms with van der Waals surface area (Å²) in [5, 5.41) is 9.65. The monoisotopic (exact) mass is 203 g/mol. The van der Waals surface area contributed by atoms with Crippen molar-refractivity contribution in [1.82, 2.24) is 4.98 Å². The van der Waals surface area contributed by atoms with Gasteiger partial charge in [0.05, 0.1) is 11.8 Å². The maximum absolute atomic E-state index is 9.65. The number of pyridine rings is 1. The molecule has 2 nitrogen and oxygen atoms in total. The molecule has 1 aromatic heterocycles. The average molecular weight is 203 g/mol. The maximum atomic E-state index is 9.65. The molecule has 0 fully saturated rings. The molecule has 15 heavy (non-hydrogen) atoms. The lowest BCUT2D eigenvalue weighted by molar-refractivity contribution is 0.198. The molecule has 0 aliphatic rings. The summed E-state index contributed by atoms with van der Waals surface area (Å²) >= 11 is 0. The first-order valence-corrected chi connectivity index (χ1v) is 5.00. The summed E-state index contributed by atoms with van der Waals surface area (Å²) in [6, 6.07) is 1.97. The number of aliphatic hydroxyl groups is 1. The number of nitrogens with zero attached hydrogens (tertiary/aromatic N) is 1. The predicted octanol–water partition coefficient (Wildman–Crippen LogP) is 3.03. The molecule has 2 heteroatoms. The third-order valence-corrected chi connectivity index (χ3v) is 2.25. The van der Waals surface area contributed by atoms with Crippen LogP contribution < -0.4 is 0 Å². The molecule has 1 rings (SSSR count). The second-order valence-electron chi connectivity index (χ2n) is 3.71. The van der Waals surface area contributed by atoms with Crippen LogP contribution in [-0.4, -0.2) is 10.1 Å². The van der Waals surface area contributed by atoms with E-state index in [-0.39, 0.29) is 0 Å². The van der Waals surface area contributed by atoms with Crippen LogP contribution in [-0.2, 0) is 0 Å². The van der Waals surface area contributed by atoms with Crippen molar-refractivity contribution in [2.24, 2.45) is 0 Å². The Morgan fingerprint density at radius 3 is 2.80 bits per heavy atom. The van der Waals surface area contributed by atoms with Gasteiger partial charge in [-0.1, -0.05) is 18.7 Å². The normalized spacial score (nSPS) is 13.7. The minimum Gasteiger partial charge on any atom is -0.389 e. The van der Waals surface area contributed by atoms with Crippen LogP contribution in [0.1, 0.15) is 36.8 Å². The lowest BCUT2D eigenvalue weighted by atomic mass is 10.0. The average Bonchev–Trinajstić information content (AvgIpc) is 2.17. The first-order chi connectivity index (χ1) is 7.06. The summed E-state index contributed by atoms with van der Waals surface area (Å²) in [5.74, 6) is 0. The van der Waals surface area contributed by atoms with Gasteiger partial charge in [0, 0.05) is 11.8 Å². The van der Waals surface area contributed by atoms with E-state index in [1.165, 1.54) is 0 Å². The zero-order valence-electron chi connectivity index (χ0n) is 9.49. The van der Waals surface area contributed by atoms with E-state index in [4.69, 9.17) is 0 Å². The van der Waals surface area contributed by atoms with Gasteiger partial charge < -0.3 is 5.11 Å². The van der Waals surface area contributed by atoms with E-state index in [0.29, 0.717) is 0 Å². The van der Waals surface area contributed by atoms with Crippen molar-refractivity contribution in [3.63, 3.8) is 0 Å². The molecule has 1 unspecified atom stereocenters. The Morgan fingerprint density at radius 1 is 1.60 bits per heavy atom. The predicted molar refractivity (Wildman–Crippen MR) is 63.5 cm³/mol. The molecule has 1 atom stereocenters. The Kier molecular flexibility index (Phi) is 3.81. The van der Waals surface area contributed by atoms with Crippen LogP contribution in [0.25, 0.3) is 5.57 Å². The van der Waals surface area contributed by atoms with Gasteiger partial charge in [0.15, 0.2) is 0 Å².